The highest BCUT2D eigenvalue weighted by molar-refractivity contribution is 6.29. The van der Waals surface area contributed by atoms with Gasteiger partial charge in [-0.1, -0.05) is 6.07 Å². The summed E-state index contributed by atoms with van der Waals surface area (Å²) in [7, 11) is 0. The van der Waals surface area contributed by atoms with Gasteiger partial charge in [-0.25, -0.2) is 9.59 Å². The number of carbonyl (C=O) groups is 3. The average molecular weight is 347 g/mol. The molecule has 0 heterocycles. The van der Waals surface area contributed by atoms with Crippen molar-refractivity contribution >= 4 is 29.2 Å². The van der Waals surface area contributed by atoms with Crippen molar-refractivity contribution < 1.29 is 23.9 Å². The van der Waals surface area contributed by atoms with E-state index in [1.54, 1.807) is 25.1 Å². The van der Waals surface area contributed by atoms with Gasteiger partial charge in [0.05, 0.1) is 25.6 Å². The van der Waals surface area contributed by atoms with Crippen molar-refractivity contribution in [3.8, 4) is 6.07 Å². The number of amides is 1. The zero-order valence-corrected chi connectivity index (χ0v) is 14.3. The number of anilines is 2. The van der Waals surface area contributed by atoms with Gasteiger partial charge in [-0.05, 0) is 25.1 Å². The highest BCUT2D eigenvalue weighted by Crippen LogP contribution is 2.19. The van der Waals surface area contributed by atoms with Crippen LogP contribution in [0.5, 0.6) is 0 Å². The lowest BCUT2D eigenvalue weighted by Gasteiger charge is -2.24. The van der Waals surface area contributed by atoms with Crippen molar-refractivity contribution in [1.29, 1.82) is 5.26 Å². The maximum absolute atomic E-state index is 11.4. The van der Waals surface area contributed by atoms with Crippen LogP contribution in [-0.2, 0) is 23.9 Å². The number of nitrogens with one attached hydrogen (secondary N) is 1. The summed E-state index contributed by atoms with van der Waals surface area (Å²) in [5.41, 5.74) is 1.38. The molecule has 0 aliphatic carbocycles. The molecule has 1 aromatic rings. The van der Waals surface area contributed by atoms with E-state index in [1.807, 2.05) is 11.0 Å². The second-order valence-electron chi connectivity index (χ2n) is 4.98. The number of nitriles is 1. The minimum Gasteiger partial charge on any atom is -0.458 e. The molecule has 0 radical (unpaired) electrons. The Labute approximate surface area is 146 Å². The fourth-order valence-electron chi connectivity index (χ4n) is 2.04. The first-order valence-corrected chi connectivity index (χ1v) is 7.81. The Morgan fingerprint density at radius 2 is 1.92 bits per heavy atom. The van der Waals surface area contributed by atoms with Crippen LogP contribution in [0.15, 0.2) is 24.3 Å². The van der Waals surface area contributed by atoms with Gasteiger partial charge in [0.2, 0.25) is 5.91 Å². The van der Waals surface area contributed by atoms with Crippen LogP contribution in [0.3, 0.4) is 0 Å². The van der Waals surface area contributed by atoms with Gasteiger partial charge in [-0.15, -0.1) is 0 Å². The molecule has 0 atom stereocenters. The molecule has 25 heavy (non-hydrogen) atoms. The fourth-order valence-corrected chi connectivity index (χ4v) is 2.04. The fraction of sp³-hybridized carbons (Fsp3) is 0.412. The molecule has 0 saturated carbocycles. The first-order valence-electron chi connectivity index (χ1n) is 7.81. The highest BCUT2D eigenvalue weighted by atomic mass is 16.6. The van der Waals surface area contributed by atoms with Crippen LogP contribution in [0.25, 0.3) is 0 Å². The molecule has 1 rings (SSSR count). The van der Waals surface area contributed by atoms with Gasteiger partial charge in [-0.2, -0.15) is 5.26 Å². The summed E-state index contributed by atoms with van der Waals surface area (Å²) >= 11 is 0. The van der Waals surface area contributed by atoms with Crippen molar-refractivity contribution in [2.45, 2.75) is 20.3 Å². The molecule has 134 valence electrons. The third-order valence-electron chi connectivity index (χ3n) is 3.06. The number of rotatable bonds is 8. The monoisotopic (exact) mass is 347 g/mol. The van der Waals surface area contributed by atoms with Crippen molar-refractivity contribution in [2.24, 2.45) is 0 Å². The van der Waals surface area contributed by atoms with Crippen LogP contribution in [0.4, 0.5) is 11.4 Å². The lowest BCUT2D eigenvalue weighted by Crippen LogP contribution is -2.31. The van der Waals surface area contributed by atoms with Crippen LogP contribution in [0, 0.1) is 11.3 Å². The predicted octanol–water partition coefficient (Wildman–Crippen LogP) is 1.47. The normalized spacial score (nSPS) is 9.64. The summed E-state index contributed by atoms with van der Waals surface area (Å²) in [6.07, 6.45) is 0.274. The maximum Gasteiger partial charge on any atom is 0.417 e. The highest BCUT2D eigenvalue weighted by Gasteiger charge is 2.17. The van der Waals surface area contributed by atoms with Crippen LogP contribution in [-0.4, -0.2) is 44.1 Å². The van der Waals surface area contributed by atoms with E-state index in [0.29, 0.717) is 12.2 Å². The lowest BCUT2D eigenvalue weighted by molar-refractivity contribution is -0.167. The Bertz CT molecular complexity index is 654. The van der Waals surface area contributed by atoms with E-state index in [0.717, 1.165) is 5.69 Å². The Balaban J connectivity index is 2.71. The quantitative estimate of drug-likeness (QED) is 0.560. The molecule has 0 aromatic heterocycles. The zero-order valence-electron chi connectivity index (χ0n) is 14.3. The first kappa shape index (κ1) is 20.0. The van der Waals surface area contributed by atoms with Gasteiger partial charge in [0.25, 0.3) is 0 Å². The molecular weight excluding hydrogens is 326 g/mol. The molecule has 1 aromatic carbocycles. The molecule has 0 bridgehead atoms. The number of esters is 2. The number of benzene rings is 1. The first-order chi connectivity index (χ1) is 12.0. The predicted molar refractivity (Wildman–Crippen MR) is 90.8 cm³/mol. The minimum atomic E-state index is -1.05. The third-order valence-corrected chi connectivity index (χ3v) is 3.06. The zero-order chi connectivity index (χ0) is 18.7. The number of carbonyl (C=O) groups excluding carboxylic acids is 3. The second-order valence-corrected chi connectivity index (χ2v) is 4.98. The molecule has 0 unspecified atom stereocenters. The van der Waals surface area contributed by atoms with Crippen molar-refractivity contribution in [2.75, 3.05) is 36.5 Å². The Kier molecular flexibility index (Phi) is 8.50. The Hall–Kier alpha value is -3.08. The number of nitrogens with zero attached hydrogens (tertiary/aromatic N) is 2. The molecule has 1 amide bonds. The molecule has 0 fully saturated rings. The average Bonchev–Trinajstić information content (AvgIpc) is 2.57. The largest absolute Gasteiger partial charge is 0.458 e. The smallest absolute Gasteiger partial charge is 0.417 e. The van der Waals surface area contributed by atoms with E-state index >= 15 is 0 Å². The molecule has 0 spiro atoms. The van der Waals surface area contributed by atoms with E-state index < -0.39 is 11.9 Å². The minimum absolute atomic E-state index is 0.0343. The van der Waals surface area contributed by atoms with Crippen molar-refractivity contribution in [3.05, 3.63) is 24.3 Å². The maximum atomic E-state index is 11.4. The van der Waals surface area contributed by atoms with Crippen molar-refractivity contribution in [3.63, 3.8) is 0 Å². The molecule has 0 aliphatic heterocycles. The number of ether oxygens (including phenoxy) is 2. The van der Waals surface area contributed by atoms with Gasteiger partial charge in [-0.3, -0.25) is 4.79 Å². The van der Waals surface area contributed by atoms with E-state index in [1.165, 1.54) is 6.92 Å². The summed E-state index contributed by atoms with van der Waals surface area (Å²) in [6.45, 7) is 3.77. The molecule has 1 N–H and O–H groups in total. The Morgan fingerprint density at radius 3 is 2.56 bits per heavy atom. The number of hydrogen-bond donors (Lipinski definition) is 1. The van der Waals surface area contributed by atoms with Crippen molar-refractivity contribution in [1.82, 2.24) is 0 Å². The third kappa shape index (κ3) is 7.35. The van der Waals surface area contributed by atoms with Gasteiger partial charge in [0.15, 0.2) is 0 Å². The van der Waals surface area contributed by atoms with Crippen LogP contribution in [0.2, 0.25) is 0 Å². The van der Waals surface area contributed by atoms with E-state index in [9.17, 15) is 14.4 Å². The van der Waals surface area contributed by atoms with Gasteiger partial charge in [0, 0.05) is 24.8 Å². The van der Waals surface area contributed by atoms with Crippen LogP contribution >= 0.6 is 0 Å². The molecule has 0 aliphatic rings. The summed E-state index contributed by atoms with van der Waals surface area (Å²) in [6, 6.07) is 9.14. The number of hydrogen-bond acceptors (Lipinski definition) is 7. The molecular formula is C17H21N3O5. The summed E-state index contributed by atoms with van der Waals surface area (Å²) in [5.74, 6) is -2.27. The Morgan fingerprint density at radius 1 is 1.20 bits per heavy atom. The molecule has 8 heteroatoms. The topological polar surface area (TPSA) is 109 Å². The van der Waals surface area contributed by atoms with Crippen LogP contribution in [0.1, 0.15) is 20.3 Å². The second kappa shape index (κ2) is 10.6. The molecule has 8 nitrogen and oxygen atoms in total. The van der Waals surface area contributed by atoms with Gasteiger partial charge < -0.3 is 19.7 Å². The van der Waals surface area contributed by atoms with E-state index in [4.69, 9.17) is 10.00 Å². The van der Waals surface area contributed by atoms with Gasteiger partial charge in [0.1, 0.15) is 6.61 Å². The van der Waals surface area contributed by atoms with E-state index in [-0.39, 0.29) is 32.1 Å². The summed E-state index contributed by atoms with van der Waals surface area (Å²) < 4.78 is 9.43. The SMILES string of the molecule is CCOC(=O)C(=O)OCCN(CCC#N)c1cccc(NC(C)=O)c1. The summed E-state index contributed by atoms with van der Waals surface area (Å²) in [4.78, 5) is 35.6. The van der Waals surface area contributed by atoms with E-state index in [2.05, 4.69) is 16.1 Å². The standard InChI is InChI=1S/C17H21N3O5/c1-3-24-16(22)17(23)25-11-10-20(9-5-8-18)15-7-4-6-14(12-15)19-13(2)21/h4,6-7,12H,3,5,9-11H2,1-2H3,(H,19,21). The lowest BCUT2D eigenvalue weighted by atomic mass is 10.2. The molecule has 0 saturated heterocycles. The van der Waals surface area contributed by atoms with Gasteiger partial charge >= 0.3 is 11.9 Å². The summed E-state index contributed by atoms with van der Waals surface area (Å²) in [5, 5.41) is 11.5. The van der Waals surface area contributed by atoms with Crippen LogP contribution < -0.4 is 10.2 Å².